The van der Waals surface area contributed by atoms with Crippen molar-refractivity contribution in [2.75, 3.05) is 14.1 Å². The van der Waals surface area contributed by atoms with Crippen molar-refractivity contribution in [3.8, 4) is 0 Å². The molecule has 13 heavy (non-hydrogen) atoms. The molecule has 0 aromatic carbocycles. The molecular weight excluding hydrogens is 172 g/mol. The number of hydroxylamine groups is 2. The molecule has 0 atom stereocenters. The van der Waals surface area contributed by atoms with Crippen LogP contribution >= 0.6 is 0 Å². The minimum absolute atomic E-state index is 0.117. The lowest BCUT2D eigenvalue weighted by atomic mass is 10.5. The second-order valence-corrected chi connectivity index (χ2v) is 2.49. The third-order valence-corrected chi connectivity index (χ3v) is 1.20. The van der Waals surface area contributed by atoms with Crippen LogP contribution in [-0.4, -0.2) is 40.1 Å². The molecule has 1 heterocycles. The van der Waals surface area contributed by atoms with Crippen LogP contribution in [0.25, 0.3) is 5.70 Å². The van der Waals surface area contributed by atoms with Crippen LogP contribution in [0.15, 0.2) is 19.0 Å². The number of rotatable bonds is 3. The van der Waals surface area contributed by atoms with Crippen molar-refractivity contribution in [3.05, 3.63) is 19.0 Å². The molecule has 0 bridgehead atoms. The summed E-state index contributed by atoms with van der Waals surface area (Å²) in [4.78, 5) is 15.9. The molecule has 1 aromatic heterocycles. The van der Waals surface area contributed by atoms with Gasteiger partial charge in [0.1, 0.15) is 5.70 Å². The smallest absolute Gasteiger partial charge is 0.363 e. The lowest BCUT2D eigenvalue weighted by molar-refractivity contribution is -0.170. The van der Waals surface area contributed by atoms with Gasteiger partial charge in [-0.25, -0.2) is 9.48 Å². The zero-order valence-electron chi connectivity index (χ0n) is 7.47. The molecule has 0 radical (unpaired) electrons. The Morgan fingerprint density at radius 1 is 1.62 bits per heavy atom. The van der Waals surface area contributed by atoms with E-state index in [4.69, 9.17) is 4.84 Å². The maximum atomic E-state index is 11.2. The highest BCUT2D eigenvalue weighted by Crippen LogP contribution is 2.00. The number of aromatic nitrogens is 3. The van der Waals surface area contributed by atoms with Crippen molar-refractivity contribution >= 4 is 11.7 Å². The van der Waals surface area contributed by atoms with Crippen LogP contribution in [0.5, 0.6) is 0 Å². The molecule has 0 aliphatic carbocycles. The van der Waals surface area contributed by atoms with E-state index in [-0.39, 0.29) is 5.70 Å². The topological polar surface area (TPSA) is 60.2 Å². The van der Waals surface area contributed by atoms with Gasteiger partial charge >= 0.3 is 5.97 Å². The van der Waals surface area contributed by atoms with Crippen molar-refractivity contribution in [3.63, 3.8) is 0 Å². The van der Waals surface area contributed by atoms with Gasteiger partial charge in [-0.15, -0.1) is 10.2 Å². The van der Waals surface area contributed by atoms with Crippen molar-refractivity contribution in [2.45, 2.75) is 0 Å². The van der Waals surface area contributed by atoms with E-state index in [0.29, 0.717) is 0 Å². The molecule has 0 N–H and O–H groups in total. The van der Waals surface area contributed by atoms with Crippen LogP contribution in [0, 0.1) is 0 Å². The summed E-state index contributed by atoms with van der Waals surface area (Å²) in [7, 11) is 3.21. The lowest BCUT2D eigenvalue weighted by Gasteiger charge is -2.10. The molecule has 0 aliphatic rings. The highest BCUT2D eigenvalue weighted by atomic mass is 16.7. The van der Waals surface area contributed by atoms with E-state index in [1.165, 1.54) is 22.1 Å². The molecule has 1 aromatic rings. The first kappa shape index (κ1) is 9.40. The molecular formula is C7H10N4O2. The van der Waals surface area contributed by atoms with Gasteiger partial charge in [0.2, 0.25) is 0 Å². The zero-order chi connectivity index (χ0) is 9.84. The first-order valence-corrected chi connectivity index (χ1v) is 3.56. The second kappa shape index (κ2) is 3.81. The lowest BCUT2D eigenvalue weighted by Crippen LogP contribution is -2.21. The number of nitrogens with zero attached hydrogens (tertiary/aromatic N) is 4. The minimum Gasteiger partial charge on any atom is -0.363 e. The maximum absolute atomic E-state index is 11.2. The number of hydrogen-bond donors (Lipinski definition) is 0. The highest BCUT2D eigenvalue weighted by Gasteiger charge is 2.12. The molecule has 0 fully saturated rings. The van der Waals surface area contributed by atoms with Crippen molar-refractivity contribution in [2.24, 2.45) is 0 Å². The summed E-state index contributed by atoms with van der Waals surface area (Å²) in [6, 6.07) is 0. The Balaban J connectivity index is 2.64. The standard InChI is InChI=1S/C7H10N4O2/c1-6(7(12)13-10(2)3)11-5-4-8-9-11/h4-5H,1H2,2-3H3. The fourth-order valence-electron chi connectivity index (χ4n) is 0.664. The molecule has 0 unspecified atom stereocenters. The summed E-state index contributed by atoms with van der Waals surface area (Å²) >= 11 is 0. The van der Waals surface area contributed by atoms with Crippen molar-refractivity contribution < 1.29 is 9.63 Å². The Bertz CT molecular complexity index is 304. The Kier molecular flexibility index (Phi) is 2.76. The number of carbonyl (C=O) groups excluding carboxylic acids is 1. The molecule has 0 aliphatic heterocycles. The van der Waals surface area contributed by atoms with Gasteiger partial charge in [0.25, 0.3) is 0 Å². The Labute approximate surface area is 75.4 Å². The third kappa shape index (κ3) is 2.38. The molecule has 6 heteroatoms. The van der Waals surface area contributed by atoms with Gasteiger partial charge in [-0.3, -0.25) is 0 Å². The highest BCUT2D eigenvalue weighted by molar-refractivity contribution is 6.08. The molecule has 0 saturated carbocycles. The minimum atomic E-state index is -0.560. The van der Waals surface area contributed by atoms with E-state index < -0.39 is 5.97 Å². The van der Waals surface area contributed by atoms with E-state index in [1.807, 2.05) is 0 Å². The fourth-order valence-corrected chi connectivity index (χ4v) is 0.664. The van der Waals surface area contributed by atoms with Crippen LogP contribution in [0.3, 0.4) is 0 Å². The summed E-state index contributed by atoms with van der Waals surface area (Å²) in [6.07, 6.45) is 2.97. The van der Waals surface area contributed by atoms with Crippen molar-refractivity contribution in [1.29, 1.82) is 0 Å². The van der Waals surface area contributed by atoms with Crippen LogP contribution in [0.1, 0.15) is 0 Å². The second-order valence-electron chi connectivity index (χ2n) is 2.49. The molecule has 0 spiro atoms. The summed E-state index contributed by atoms with van der Waals surface area (Å²) in [5.41, 5.74) is 0.117. The molecule has 6 nitrogen and oxygen atoms in total. The maximum Gasteiger partial charge on any atom is 0.375 e. The van der Waals surface area contributed by atoms with Gasteiger partial charge in [-0.05, 0) is 0 Å². The zero-order valence-corrected chi connectivity index (χ0v) is 7.47. The van der Waals surface area contributed by atoms with E-state index >= 15 is 0 Å². The molecule has 0 saturated heterocycles. The first-order chi connectivity index (χ1) is 6.11. The summed E-state index contributed by atoms with van der Waals surface area (Å²) in [5, 5.41) is 8.41. The molecule has 1 rings (SSSR count). The Hall–Kier alpha value is -1.69. The predicted octanol–water partition coefficient (Wildman–Crippen LogP) is -0.231. The van der Waals surface area contributed by atoms with Gasteiger partial charge in [0, 0.05) is 14.1 Å². The van der Waals surface area contributed by atoms with Gasteiger partial charge < -0.3 is 4.84 Å². The fraction of sp³-hybridized carbons (Fsp3) is 0.286. The number of carbonyl (C=O) groups is 1. The monoisotopic (exact) mass is 182 g/mol. The van der Waals surface area contributed by atoms with Gasteiger partial charge in [-0.2, -0.15) is 0 Å². The van der Waals surface area contributed by atoms with E-state index in [0.717, 1.165) is 0 Å². The van der Waals surface area contributed by atoms with Gasteiger partial charge in [-0.1, -0.05) is 11.8 Å². The van der Waals surface area contributed by atoms with Crippen LogP contribution in [0.4, 0.5) is 0 Å². The number of hydrogen-bond acceptors (Lipinski definition) is 5. The summed E-state index contributed by atoms with van der Waals surface area (Å²) in [5.74, 6) is -0.560. The summed E-state index contributed by atoms with van der Waals surface area (Å²) in [6.45, 7) is 3.51. The summed E-state index contributed by atoms with van der Waals surface area (Å²) < 4.78 is 1.24. The van der Waals surface area contributed by atoms with Crippen LogP contribution < -0.4 is 0 Å². The Morgan fingerprint density at radius 2 is 2.31 bits per heavy atom. The molecule has 70 valence electrons. The average Bonchev–Trinajstić information content (AvgIpc) is 2.53. The normalized spacial score (nSPS) is 10.1. The van der Waals surface area contributed by atoms with Gasteiger partial charge in [0.15, 0.2) is 0 Å². The largest absolute Gasteiger partial charge is 0.375 e. The van der Waals surface area contributed by atoms with Crippen LogP contribution in [0.2, 0.25) is 0 Å². The SMILES string of the molecule is C=C(C(=O)ON(C)C)n1ccnn1. The predicted molar refractivity (Wildman–Crippen MR) is 45.1 cm³/mol. The Morgan fingerprint density at radius 3 is 2.77 bits per heavy atom. The van der Waals surface area contributed by atoms with E-state index in [9.17, 15) is 4.79 Å². The third-order valence-electron chi connectivity index (χ3n) is 1.20. The van der Waals surface area contributed by atoms with E-state index in [1.54, 1.807) is 14.1 Å². The molecule has 0 amide bonds. The van der Waals surface area contributed by atoms with Crippen LogP contribution in [-0.2, 0) is 9.63 Å². The van der Waals surface area contributed by atoms with E-state index in [2.05, 4.69) is 16.9 Å². The van der Waals surface area contributed by atoms with Gasteiger partial charge in [0.05, 0.1) is 12.4 Å². The quantitative estimate of drug-likeness (QED) is 0.477. The first-order valence-electron chi connectivity index (χ1n) is 3.56. The van der Waals surface area contributed by atoms with Crippen molar-refractivity contribution in [1.82, 2.24) is 20.1 Å². The average molecular weight is 182 g/mol.